The number of carbonyl (C=O) groups excluding carboxylic acids is 1. The molecule has 7 heteroatoms. The number of pyridine rings is 1. The Morgan fingerprint density at radius 3 is 2.28 bits per heavy atom. The molecule has 0 spiro atoms. The van der Waals surface area contributed by atoms with Gasteiger partial charge in [-0.3, -0.25) is 18.7 Å². The summed E-state index contributed by atoms with van der Waals surface area (Å²) in [5, 5.41) is 3.03. The highest BCUT2D eigenvalue weighted by Gasteiger charge is 2.14. The highest BCUT2D eigenvalue weighted by molar-refractivity contribution is 6.05. The lowest BCUT2D eigenvalue weighted by Gasteiger charge is -2.09. The summed E-state index contributed by atoms with van der Waals surface area (Å²) in [4.78, 5) is 40.9. The summed E-state index contributed by atoms with van der Waals surface area (Å²) >= 11 is 0. The lowest BCUT2D eigenvalue weighted by molar-refractivity contribution is 0.102. The van der Waals surface area contributed by atoms with Crippen LogP contribution in [0.4, 0.5) is 5.69 Å². The molecule has 0 unspecified atom stereocenters. The number of aryl methyl sites for hydroxylation is 3. The zero-order valence-electron chi connectivity index (χ0n) is 14.5. The van der Waals surface area contributed by atoms with E-state index in [1.165, 1.54) is 30.9 Å². The second kappa shape index (κ2) is 6.01. The lowest BCUT2D eigenvalue weighted by atomic mass is 10.1. The van der Waals surface area contributed by atoms with Gasteiger partial charge in [0.15, 0.2) is 0 Å². The SMILES string of the molecule is Cc1cc(C)cc(NC(=O)c2cnc3c(c2)c(=O)n(C)c(=O)n3C)c1. The molecule has 0 atom stereocenters. The van der Waals surface area contributed by atoms with E-state index in [1.54, 1.807) is 0 Å². The monoisotopic (exact) mass is 338 g/mol. The summed E-state index contributed by atoms with van der Waals surface area (Å²) < 4.78 is 2.28. The van der Waals surface area contributed by atoms with Crippen molar-refractivity contribution in [1.82, 2.24) is 14.1 Å². The molecule has 1 N–H and O–H groups in total. The van der Waals surface area contributed by atoms with Gasteiger partial charge in [0.1, 0.15) is 5.65 Å². The van der Waals surface area contributed by atoms with Crippen LogP contribution in [0.15, 0.2) is 40.1 Å². The summed E-state index contributed by atoms with van der Waals surface area (Å²) in [7, 11) is 2.93. The molecule has 0 saturated heterocycles. The van der Waals surface area contributed by atoms with Gasteiger partial charge < -0.3 is 5.32 Å². The van der Waals surface area contributed by atoms with Gasteiger partial charge in [0.2, 0.25) is 0 Å². The first-order valence-corrected chi connectivity index (χ1v) is 7.73. The average Bonchev–Trinajstić information content (AvgIpc) is 2.56. The molecule has 7 nitrogen and oxygen atoms in total. The fraction of sp³-hybridized carbons (Fsp3) is 0.222. The van der Waals surface area contributed by atoms with Crippen molar-refractivity contribution in [2.24, 2.45) is 14.1 Å². The maximum absolute atomic E-state index is 12.5. The van der Waals surface area contributed by atoms with Gasteiger partial charge in [-0.1, -0.05) is 6.07 Å². The molecule has 128 valence electrons. The zero-order chi connectivity index (χ0) is 18.3. The summed E-state index contributed by atoms with van der Waals surface area (Å²) in [6.07, 6.45) is 1.36. The van der Waals surface area contributed by atoms with Crippen LogP contribution in [-0.4, -0.2) is 20.0 Å². The lowest BCUT2D eigenvalue weighted by Crippen LogP contribution is -2.37. The zero-order valence-corrected chi connectivity index (χ0v) is 14.5. The molecule has 1 amide bonds. The number of anilines is 1. The van der Waals surface area contributed by atoms with Crippen molar-refractivity contribution in [3.05, 3.63) is 68.0 Å². The second-order valence-electron chi connectivity index (χ2n) is 6.13. The van der Waals surface area contributed by atoms with Crippen molar-refractivity contribution in [1.29, 1.82) is 0 Å². The van der Waals surface area contributed by atoms with E-state index in [0.29, 0.717) is 5.69 Å². The van der Waals surface area contributed by atoms with Crippen molar-refractivity contribution in [3.63, 3.8) is 0 Å². The van der Waals surface area contributed by atoms with Gasteiger partial charge in [-0.15, -0.1) is 0 Å². The molecular formula is C18H18N4O3. The smallest absolute Gasteiger partial charge is 0.322 e. The number of nitrogens with one attached hydrogen (secondary N) is 1. The third kappa shape index (κ3) is 2.96. The molecule has 3 aromatic rings. The Hall–Kier alpha value is -3.22. The van der Waals surface area contributed by atoms with Gasteiger partial charge in [-0.2, -0.15) is 0 Å². The summed E-state index contributed by atoms with van der Waals surface area (Å²) in [6, 6.07) is 7.20. The second-order valence-corrected chi connectivity index (χ2v) is 6.13. The molecule has 0 aliphatic carbocycles. The number of hydrogen-bond donors (Lipinski definition) is 1. The Morgan fingerprint density at radius 2 is 1.64 bits per heavy atom. The highest BCUT2D eigenvalue weighted by Crippen LogP contribution is 2.15. The summed E-state index contributed by atoms with van der Waals surface area (Å²) in [5.74, 6) is -0.365. The first-order chi connectivity index (χ1) is 11.8. The summed E-state index contributed by atoms with van der Waals surface area (Å²) in [5.41, 5.74) is 2.31. The first-order valence-electron chi connectivity index (χ1n) is 7.73. The number of hydrogen-bond acceptors (Lipinski definition) is 4. The molecule has 0 saturated carbocycles. The molecule has 0 aliphatic rings. The van der Waals surface area contributed by atoms with Crippen LogP contribution in [0.2, 0.25) is 0 Å². The van der Waals surface area contributed by atoms with Crippen LogP contribution in [0.5, 0.6) is 0 Å². The molecule has 0 bridgehead atoms. The summed E-state index contributed by atoms with van der Waals surface area (Å²) in [6.45, 7) is 3.90. The maximum Gasteiger partial charge on any atom is 0.332 e. The number of amides is 1. The van der Waals surface area contributed by atoms with Crippen molar-refractivity contribution in [2.75, 3.05) is 5.32 Å². The van der Waals surface area contributed by atoms with Crippen molar-refractivity contribution in [2.45, 2.75) is 13.8 Å². The maximum atomic E-state index is 12.5. The van der Waals surface area contributed by atoms with Crippen molar-refractivity contribution < 1.29 is 4.79 Å². The van der Waals surface area contributed by atoms with Crippen LogP contribution in [0.25, 0.3) is 11.0 Å². The van der Waals surface area contributed by atoms with Crippen LogP contribution < -0.4 is 16.6 Å². The van der Waals surface area contributed by atoms with Gasteiger partial charge in [0.05, 0.1) is 10.9 Å². The van der Waals surface area contributed by atoms with Gasteiger partial charge >= 0.3 is 5.69 Å². The van der Waals surface area contributed by atoms with E-state index in [4.69, 9.17) is 0 Å². The minimum Gasteiger partial charge on any atom is -0.322 e. The van der Waals surface area contributed by atoms with Gasteiger partial charge in [0, 0.05) is 26.0 Å². The molecule has 1 aromatic carbocycles. The predicted octanol–water partition coefficient (Wildman–Crippen LogP) is 1.50. The molecule has 0 radical (unpaired) electrons. The van der Waals surface area contributed by atoms with E-state index in [-0.39, 0.29) is 22.5 Å². The third-order valence-electron chi connectivity index (χ3n) is 4.04. The van der Waals surface area contributed by atoms with E-state index >= 15 is 0 Å². The van der Waals surface area contributed by atoms with Gasteiger partial charge in [0.25, 0.3) is 11.5 Å². The van der Waals surface area contributed by atoms with Crippen LogP contribution in [-0.2, 0) is 14.1 Å². The van der Waals surface area contributed by atoms with E-state index in [2.05, 4.69) is 10.3 Å². The third-order valence-corrected chi connectivity index (χ3v) is 4.04. The Kier molecular flexibility index (Phi) is 4.00. The molecule has 0 aliphatic heterocycles. The Labute approximate surface area is 143 Å². The number of fused-ring (bicyclic) bond motifs is 1. The molecule has 0 fully saturated rings. The topological polar surface area (TPSA) is 86.0 Å². The number of carbonyl (C=O) groups is 1. The minimum atomic E-state index is -0.480. The molecule has 3 rings (SSSR count). The fourth-order valence-corrected chi connectivity index (χ4v) is 2.84. The van der Waals surface area contributed by atoms with Crippen molar-refractivity contribution >= 4 is 22.6 Å². The minimum absolute atomic E-state index is 0.220. The fourth-order valence-electron chi connectivity index (χ4n) is 2.84. The van der Waals surface area contributed by atoms with E-state index in [1.807, 2.05) is 32.0 Å². The first kappa shape index (κ1) is 16.6. The van der Waals surface area contributed by atoms with Crippen LogP contribution >= 0.6 is 0 Å². The standard InChI is InChI=1S/C18H18N4O3/c1-10-5-11(2)7-13(6-10)20-16(23)12-8-14-15(19-9-12)21(3)18(25)22(4)17(14)24/h5-9H,1-4H3,(H,20,23). The number of nitrogens with zero attached hydrogens (tertiary/aromatic N) is 3. The highest BCUT2D eigenvalue weighted by atomic mass is 16.2. The molecular weight excluding hydrogens is 320 g/mol. The Bertz CT molecular complexity index is 1110. The predicted molar refractivity (Wildman–Crippen MR) is 96.1 cm³/mol. The largest absolute Gasteiger partial charge is 0.332 e. The Morgan fingerprint density at radius 1 is 1.00 bits per heavy atom. The van der Waals surface area contributed by atoms with Gasteiger partial charge in [-0.25, -0.2) is 9.78 Å². The quantitative estimate of drug-likeness (QED) is 0.767. The molecule has 2 aromatic heterocycles. The average molecular weight is 338 g/mol. The molecule has 25 heavy (non-hydrogen) atoms. The van der Waals surface area contributed by atoms with Crippen molar-refractivity contribution in [3.8, 4) is 0 Å². The van der Waals surface area contributed by atoms with E-state index in [0.717, 1.165) is 15.7 Å². The molecule has 2 heterocycles. The number of rotatable bonds is 2. The van der Waals surface area contributed by atoms with Crippen LogP contribution in [0, 0.1) is 13.8 Å². The van der Waals surface area contributed by atoms with Crippen LogP contribution in [0.1, 0.15) is 21.5 Å². The number of aromatic nitrogens is 3. The number of benzene rings is 1. The van der Waals surface area contributed by atoms with Crippen LogP contribution in [0.3, 0.4) is 0 Å². The Balaban J connectivity index is 2.06. The normalized spacial score (nSPS) is 10.9. The van der Waals surface area contributed by atoms with Gasteiger partial charge in [-0.05, 0) is 43.2 Å². The van der Waals surface area contributed by atoms with E-state index in [9.17, 15) is 14.4 Å². The van der Waals surface area contributed by atoms with E-state index < -0.39 is 11.2 Å².